The maximum atomic E-state index is 6.63. The van der Waals surface area contributed by atoms with Crippen molar-refractivity contribution in [3.63, 3.8) is 0 Å². The summed E-state index contributed by atoms with van der Waals surface area (Å²) in [6.07, 6.45) is 9.66. The molecular weight excluding hydrogens is 420 g/mol. The Bertz CT molecular complexity index is 1030. The number of hydrogen-bond donors (Lipinski definition) is 0. The van der Waals surface area contributed by atoms with E-state index in [9.17, 15) is 0 Å². The predicted molar refractivity (Wildman–Crippen MR) is 146 cm³/mol. The van der Waals surface area contributed by atoms with Crippen LogP contribution in [0.2, 0.25) is 0 Å². The average Bonchev–Trinajstić information content (AvgIpc) is 2.88. The Kier molecular flexibility index (Phi) is 10.4. The van der Waals surface area contributed by atoms with Crippen molar-refractivity contribution in [3.8, 4) is 17.2 Å². The van der Waals surface area contributed by atoms with Crippen molar-refractivity contribution in [2.24, 2.45) is 11.8 Å². The van der Waals surface area contributed by atoms with E-state index in [2.05, 4.69) is 64.1 Å². The third-order valence-corrected chi connectivity index (χ3v) is 7.15. The van der Waals surface area contributed by atoms with Crippen molar-refractivity contribution >= 4 is 21.5 Å². The number of methoxy groups -OCH3 is 1. The van der Waals surface area contributed by atoms with E-state index in [1.807, 2.05) is 6.07 Å². The van der Waals surface area contributed by atoms with Crippen molar-refractivity contribution in [1.29, 1.82) is 0 Å². The quantitative estimate of drug-likeness (QED) is 0.210. The number of ether oxygens (including phenoxy) is 3. The summed E-state index contributed by atoms with van der Waals surface area (Å²) >= 11 is 0. The first kappa shape index (κ1) is 26.2. The van der Waals surface area contributed by atoms with Gasteiger partial charge in [-0.1, -0.05) is 90.5 Å². The van der Waals surface area contributed by atoms with Gasteiger partial charge in [0.15, 0.2) is 0 Å². The molecule has 0 amide bonds. The van der Waals surface area contributed by atoms with Gasteiger partial charge in [-0.25, -0.2) is 0 Å². The fraction of sp³-hybridized carbons (Fsp3) is 0.548. The molecule has 0 bridgehead atoms. The number of benzene rings is 3. The molecule has 2 atom stereocenters. The summed E-state index contributed by atoms with van der Waals surface area (Å²) in [4.78, 5) is 0. The summed E-state index contributed by atoms with van der Waals surface area (Å²) in [5.41, 5.74) is 0. The molecular formula is C31H44O3. The summed E-state index contributed by atoms with van der Waals surface area (Å²) in [6.45, 7) is 10.5. The van der Waals surface area contributed by atoms with Crippen LogP contribution in [-0.2, 0) is 0 Å². The fourth-order valence-electron chi connectivity index (χ4n) is 4.72. The fourth-order valence-corrected chi connectivity index (χ4v) is 4.72. The van der Waals surface area contributed by atoms with E-state index in [1.165, 1.54) is 38.5 Å². The lowest BCUT2D eigenvalue weighted by atomic mass is 9.98. The molecule has 0 aliphatic rings. The Morgan fingerprint density at radius 2 is 1.15 bits per heavy atom. The summed E-state index contributed by atoms with van der Waals surface area (Å²) in [7, 11) is 1.72. The van der Waals surface area contributed by atoms with Crippen LogP contribution in [0.3, 0.4) is 0 Å². The van der Waals surface area contributed by atoms with Crippen molar-refractivity contribution in [1.82, 2.24) is 0 Å². The van der Waals surface area contributed by atoms with Crippen LogP contribution in [0.1, 0.15) is 79.1 Å². The maximum Gasteiger partial charge on any atom is 0.135 e. The van der Waals surface area contributed by atoms with Crippen LogP contribution in [0.15, 0.2) is 42.5 Å². The smallest absolute Gasteiger partial charge is 0.135 e. The van der Waals surface area contributed by atoms with Gasteiger partial charge in [-0.2, -0.15) is 0 Å². The number of hydrogen-bond acceptors (Lipinski definition) is 3. The highest BCUT2D eigenvalue weighted by molar-refractivity contribution is 6.11. The maximum absolute atomic E-state index is 6.63. The van der Waals surface area contributed by atoms with Crippen LogP contribution >= 0.6 is 0 Å². The zero-order valence-corrected chi connectivity index (χ0v) is 22.0. The summed E-state index contributed by atoms with van der Waals surface area (Å²) in [5, 5.41) is 4.41. The molecule has 0 aromatic heterocycles. The van der Waals surface area contributed by atoms with Crippen molar-refractivity contribution < 1.29 is 14.2 Å². The highest BCUT2D eigenvalue weighted by Gasteiger charge is 2.19. The van der Waals surface area contributed by atoms with E-state index >= 15 is 0 Å². The van der Waals surface area contributed by atoms with Gasteiger partial charge in [-0.3, -0.25) is 0 Å². The minimum atomic E-state index is 0.569. The van der Waals surface area contributed by atoms with E-state index in [4.69, 9.17) is 14.2 Å². The van der Waals surface area contributed by atoms with E-state index < -0.39 is 0 Å². The van der Waals surface area contributed by atoms with Gasteiger partial charge in [0.1, 0.15) is 17.2 Å². The molecule has 0 aliphatic heterocycles. The van der Waals surface area contributed by atoms with Gasteiger partial charge in [0.2, 0.25) is 0 Å². The van der Waals surface area contributed by atoms with Crippen LogP contribution in [-0.4, -0.2) is 20.3 Å². The largest absolute Gasteiger partial charge is 0.497 e. The van der Waals surface area contributed by atoms with Crippen LogP contribution < -0.4 is 14.2 Å². The molecule has 3 aromatic rings. The second kappa shape index (κ2) is 13.5. The molecule has 0 aliphatic carbocycles. The SMILES string of the molecule is CCCCC(CC)COc1c2ccccc2c(OCC(CC)CCCC)c2cc(OC)ccc12. The van der Waals surface area contributed by atoms with E-state index in [-0.39, 0.29) is 0 Å². The first-order chi connectivity index (χ1) is 16.7. The molecule has 0 saturated carbocycles. The van der Waals surface area contributed by atoms with Crippen molar-refractivity contribution in [3.05, 3.63) is 42.5 Å². The monoisotopic (exact) mass is 464 g/mol. The predicted octanol–water partition coefficient (Wildman–Crippen LogP) is 9.19. The van der Waals surface area contributed by atoms with E-state index in [1.54, 1.807) is 7.11 Å². The summed E-state index contributed by atoms with van der Waals surface area (Å²) < 4.78 is 18.8. The van der Waals surface area contributed by atoms with Crippen LogP contribution in [0.5, 0.6) is 17.2 Å². The second-order valence-electron chi connectivity index (χ2n) is 9.57. The molecule has 2 unspecified atom stereocenters. The van der Waals surface area contributed by atoms with Crippen LogP contribution in [0, 0.1) is 11.8 Å². The molecule has 0 saturated heterocycles. The van der Waals surface area contributed by atoms with Gasteiger partial charge >= 0.3 is 0 Å². The van der Waals surface area contributed by atoms with Gasteiger partial charge in [0.25, 0.3) is 0 Å². The highest BCUT2D eigenvalue weighted by Crippen LogP contribution is 2.44. The first-order valence-corrected chi connectivity index (χ1v) is 13.4. The topological polar surface area (TPSA) is 27.7 Å². The Morgan fingerprint density at radius 1 is 0.647 bits per heavy atom. The molecule has 3 aromatic carbocycles. The molecule has 0 radical (unpaired) electrons. The summed E-state index contributed by atoms with van der Waals surface area (Å²) in [6, 6.07) is 14.8. The average molecular weight is 465 g/mol. The van der Waals surface area contributed by atoms with Gasteiger partial charge < -0.3 is 14.2 Å². The molecule has 0 N–H and O–H groups in total. The molecule has 0 heterocycles. The van der Waals surface area contributed by atoms with Gasteiger partial charge in [0.05, 0.1) is 20.3 Å². The van der Waals surface area contributed by atoms with Gasteiger partial charge in [0, 0.05) is 21.5 Å². The van der Waals surface area contributed by atoms with Crippen molar-refractivity contribution in [2.75, 3.05) is 20.3 Å². The minimum absolute atomic E-state index is 0.569. The van der Waals surface area contributed by atoms with Crippen molar-refractivity contribution in [2.45, 2.75) is 79.1 Å². The lowest BCUT2D eigenvalue weighted by Gasteiger charge is -2.22. The lowest BCUT2D eigenvalue weighted by Crippen LogP contribution is -2.13. The molecule has 3 heteroatoms. The van der Waals surface area contributed by atoms with Gasteiger partial charge in [-0.05, 0) is 42.9 Å². The van der Waals surface area contributed by atoms with E-state index in [0.717, 1.165) is 64.8 Å². The van der Waals surface area contributed by atoms with E-state index in [0.29, 0.717) is 11.8 Å². The zero-order valence-electron chi connectivity index (χ0n) is 22.0. The molecule has 0 fully saturated rings. The molecule has 34 heavy (non-hydrogen) atoms. The minimum Gasteiger partial charge on any atom is -0.497 e. The number of rotatable bonds is 15. The lowest BCUT2D eigenvalue weighted by molar-refractivity contribution is 0.234. The first-order valence-electron chi connectivity index (χ1n) is 13.4. The third kappa shape index (κ3) is 6.37. The Morgan fingerprint density at radius 3 is 1.62 bits per heavy atom. The molecule has 186 valence electrons. The third-order valence-electron chi connectivity index (χ3n) is 7.15. The molecule has 3 nitrogen and oxygen atoms in total. The Balaban J connectivity index is 2.05. The van der Waals surface area contributed by atoms with Gasteiger partial charge in [-0.15, -0.1) is 0 Å². The summed E-state index contributed by atoms with van der Waals surface area (Å²) in [5.74, 6) is 3.90. The van der Waals surface area contributed by atoms with Crippen LogP contribution in [0.4, 0.5) is 0 Å². The molecule has 3 rings (SSSR count). The number of fused-ring (bicyclic) bond motifs is 2. The standard InChI is InChI=1S/C31H44O3/c1-6-10-14-23(8-3)21-33-30-26-16-12-13-17-27(26)31(34-22-24(9-4)15-11-7-2)29-20-25(32-5)18-19-28(29)30/h12-13,16-20,23-24H,6-11,14-15,21-22H2,1-5H3. The highest BCUT2D eigenvalue weighted by atomic mass is 16.5. The Hall–Kier alpha value is -2.42. The Labute approximate surface area is 206 Å². The molecule has 0 spiro atoms. The number of unbranched alkanes of at least 4 members (excludes halogenated alkanes) is 2. The normalized spacial score (nSPS) is 13.2. The van der Waals surface area contributed by atoms with Crippen LogP contribution in [0.25, 0.3) is 21.5 Å². The second-order valence-corrected chi connectivity index (χ2v) is 9.57. The zero-order chi connectivity index (χ0) is 24.3.